The zero-order chi connectivity index (χ0) is 24.1. The molecule has 0 unspecified atom stereocenters. The van der Waals surface area contributed by atoms with Crippen LogP contribution in [0.2, 0.25) is 0 Å². The molecule has 0 saturated carbocycles. The van der Waals surface area contributed by atoms with E-state index in [0.717, 1.165) is 0 Å². The highest BCUT2D eigenvalue weighted by Gasteiger charge is 2.17. The van der Waals surface area contributed by atoms with E-state index in [-0.39, 0.29) is 29.7 Å². The third-order valence-corrected chi connectivity index (χ3v) is 5.01. The van der Waals surface area contributed by atoms with Crippen molar-refractivity contribution in [3.8, 4) is 40.1 Å². The van der Waals surface area contributed by atoms with Gasteiger partial charge in [0.05, 0.1) is 21.3 Å². The van der Waals surface area contributed by atoms with Gasteiger partial charge in [0.25, 0.3) is 11.4 Å². The molecular formula is C24H22N4O6. The van der Waals surface area contributed by atoms with E-state index < -0.39 is 5.56 Å². The first-order chi connectivity index (χ1) is 16.5. The van der Waals surface area contributed by atoms with Crippen LogP contribution in [-0.4, -0.2) is 41.9 Å². The first kappa shape index (κ1) is 22.6. The van der Waals surface area contributed by atoms with E-state index >= 15 is 0 Å². The SMILES string of the molecule is COc1ccc(NC(=O)Cn2cccc(-c3nc(-c4ccc(OC)c(OC)c4)no3)c2=O)cc1. The van der Waals surface area contributed by atoms with Gasteiger partial charge < -0.3 is 28.6 Å². The van der Waals surface area contributed by atoms with Crippen LogP contribution in [0.5, 0.6) is 17.2 Å². The fourth-order valence-electron chi connectivity index (χ4n) is 3.28. The summed E-state index contributed by atoms with van der Waals surface area (Å²) in [4.78, 5) is 29.8. The number of carbonyl (C=O) groups is 1. The number of anilines is 1. The number of amides is 1. The van der Waals surface area contributed by atoms with E-state index in [0.29, 0.717) is 28.5 Å². The predicted octanol–water partition coefficient (Wildman–Crippen LogP) is 3.23. The maximum atomic E-state index is 13.0. The van der Waals surface area contributed by atoms with Crippen molar-refractivity contribution in [3.05, 3.63) is 71.1 Å². The van der Waals surface area contributed by atoms with E-state index in [1.807, 2.05) is 0 Å². The van der Waals surface area contributed by atoms with Crippen LogP contribution < -0.4 is 25.1 Å². The van der Waals surface area contributed by atoms with Gasteiger partial charge in [0.2, 0.25) is 11.7 Å². The molecule has 0 aliphatic rings. The van der Waals surface area contributed by atoms with Crippen molar-refractivity contribution in [3.63, 3.8) is 0 Å². The smallest absolute Gasteiger partial charge is 0.263 e. The Morgan fingerprint density at radius 1 is 1.00 bits per heavy atom. The van der Waals surface area contributed by atoms with Gasteiger partial charge in [0, 0.05) is 17.4 Å². The zero-order valence-electron chi connectivity index (χ0n) is 18.8. The quantitative estimate of drug-likeness (QED) is 0.424. The number of hydrogen-bond donors (Lipinski definition) is 1. The minimum absolute atomic E-state index is 0.0414. The molecule has 2 aromatic carbocycles. The lowest BCUT2D eigenvalue weighted by Gasteiger charge is -2.08. The van der Waals surface area contributed by atoms with Crippen molar-refractivity contribution in [2.24, 2.45) is 0 Å². The summed E-state index contributed by atoms with van der Waals surface area (Å²) in [6.07, 6.45) is 1.52. The van der Waals surface area contributed by atoms with Crippen LogP contribution in [0, 0.1) is 0 Å². The second-order valence-corrected chi connectivity index (χ2v) is 7.12. The third kappa shape index (κ3) is 4.75. The number of methoxy groups -OCH3 is 3. The normalized spacial score (nSPS) is 10.6. The van der Waals surface area contributed by atoms with E-state index in [2.05, 4.69) is 15.5 Å². The Hall–Kier alpha value is -4.60. The number of pyridine rings is 1. The Balaban J connectivity index is 1.54. The average molecular weight is 462 g/mol. The van der Waals surface area contributed by atoms with Crippen molar-refractivity contribution in [1.82, 2.24) is 14.7 Å². The van der Waals surface area contributed by atoms with Crippen LogP contribution in [0.25, 0.3) is 22.8 Å². The van der Waals surface area contributed by atoms with Crippen LogP contribution in [0.3, 0.4) is 0 Å². The number of nitrogens with one attached hydrogen (secondary N) is 1. The lowest BCUT2D eigenvalue weighted by molar-refractivity contribution is -0.116. The highest BCUT2D eigenvalue weighted by Crippen LogP contribution is 2.31. The molecule has 0 saturated heterocycles. The van der Waals surface area contributed by atoms with Crippen molar-refractivity contribution in [1.29, 1.82) is 0 Å². The molecule has 2 heterocycles. The zero-order valence-corrected chi connectivity index (χ0v) is 18.8. The fraction of sp³-hybridized carbons (Fsp3) is 0.167. The highest BCUT2D eigenvalue weighted by molar-refractivity contribution is 5.90. The third-order valence-electron chi connectivity index (χ3n) is 5.01. The Morgan fingerprint density at radius 2 is 1.76 bits per heavy atom. The molecule has 4 rings (SSSR count). The standard InChI is InChI=1S/C24H22N4O6/c1-31-17-9-7-16(8-10-17)25-21(29)14-28-12-4-5-18(24(28)30)23-26-22(27-34-23)15-6-11-19(32-2)20(13-15)33-3/h4-13H,14H2,1-3H3,(H,25,29). The molecular weight excluding hydrogens is 440 g/mol. The van der Waals surface area contributed by atoms with Crippen LogP contribution in [-0.2, 0) is 11.3 Å². The molecule has 0 aliphatic carbocycles. The van der Waals surface area contributed by atoms with Crippen molar-refractivity contribution in [2.75, 3.05) is 26.6 Å². The van der Waals surface area contributed by atoms with E-state index in [4.69, 9.17) is 18.7 Å². The van der Waals surface area contributed by atoms with Gasteiger partial charge in [-0.3, -0.25) is 9.59 Å². The van der Waals surface area contributed by atoms with Crippen LogP contribution in [0.4, 0.5) is 5.69 Å². The summed E-state index contributed by atoms with van der Waals surface area (Å²) >= 11 is 0. The number of ether oxygens (including phenoxy) is 3. The van der Waals surface area contributed by atoms with Crippen molar-refractivity contribution < 1.29 is 23.5 Å². The number of nitrogens with zero attached hydrogens (tertiary/aromatic N) is 3. The summed E-state index contributed by atoms with van der Waals surface area (Å²) < 4.78 is 22.3. The molecule has 10 nitrogen and oxygen atoms in total. The molecule has 34 heavy (non-hydrogen) atoms. The van der Waals surface area contributed by atoms with Crippen LogP contribution in [0.1, 0.15) is 0 Å². The monoisotopic (exact) mass is 462 g/mol. The average Bonchev–Trinajstić information content (AvgIpc) is 3.35. The number of carbonyl (C=O) groups excluding carboxylic acids is 1. The predicted molar refractivity (Wildman–Crippen MR) is 124 cm³/mol. The molecule has 1 amide bonds. The van der Waals surface area contributed by atoms with Crippen molar-refractivity contribution >= 4 is 11.6 Å². The Labute approximate surface area is 194 Å². The maximum Gasteiger partial charge on any atom is 0.263 e. The molecule has 10 heteroatoms. The molecule has 174 valence electrons. The lowest BCUT2D eigenvalue weighted by atomic mass is 10.2. The van der Waals surface area contributed by atoms with Gasteiger partial charge in [0.15, 0.2) is 11.5 Å². The molecule has 0 bridgehead atoms. The van der Waals surface area contributed by atoms with E-state index in [9.17, 15) is 9.59 Å². The Morgan fingerprint density at radius 3 is 2.47 bits per heavy atom. The maximum absolute atomic E-state index is 13.0. The Bertz CT molecular complexity index is 1360. The van der Waals surface area contributed by atoms with Gasteiger partial charge in [-0.2, -0.15) is 4.98 Å². The van der Waals surface area contributed by atoms with Gasteiger partial charge >= 0.3 is 0 Å². The van der Waals surface area contributed by atoms with Crippen LogP contribution >= 0.6 is 0 Å². The summed E-state index contributed by atoms with van der Waals surface area (Å²) in [6, 6.07) is 15.3. The van der Waals surface area contributed by atoms with Gasteiger partial charge in [-0.1, -0.05) is 5.16 Å². The van der Waals surface area contributed by atoms with Gasteiger partial charge in [-0.25, -0.2) is 0 Å². The van der Waals surface area contributed by atoms with Gasteiger partial charge in [0.1, 0.15) is 17.9 Å². The largest absolute Gasteiger partial charge is 0.497 e. The summed E-state index contributed by atoms with van der Waals surface area (Å²) in [7, 11) is 4.63. The first-order valence-corrected chi connectivity index (χ1v) is 10.2. The molecule has 1 N–H and O–H groups in total. The minimum Gasteiger partial charge on any atom is -0.497 e. The molecule has 4 aromatic rings. The molecule has 0 aliphatic heterocycles. The molecule has 0 atom stereocenters. The highest BCUT2D eigenvalue weighted by atomic mass is 16.5. The summed E-state index contributed by atoms with van der Waals surface area (Å²) in [6.45, 7) is -0.185. The summed E-state index contributed by atoms with van der Waals surface area (Å²) in [5, 5.41) is 6.72. The second-order valence-electron chi connectivity index (χ2n) is 7.12. The topological polar surface area (TPSA) is 118 Å². The van der Waals surface area contributed by atoms with E-state index in [1.165, 1.54) is 17.9 Å². The number of aromatic nitrogens is 3. The summed E-state index contributed by atoms with van der Waals surface area (Å²) in [5.74, 6) is 1.71. The van der Waals surface area contributed by atoms with Crippen LogP contribution in [0.15, 0.2) is 70.1 Å². The number of hydrogen-bond acceptors (Lipinski definition) is 8. The number of rotatable bonds is 8. The minimum atomic E-state index is -0.435. The Kier molecular flexibility index (Phi) is 6.58. The van der Waals surface area contributed by atoms with Gasteiger partial charge in [-0.05, 0) is 54.6 Å². The number of benzene rings is 2. The van der Waals surface area contributed by atoms with E-state index in [1.54, 1.807) is 68.8 Å². The molecule has 0 fully saturated rings. The molecule has 0 radical (unpaired) electrons. The fourth-order valence-corrected chi connectivity index (χ4v) is 3.28. The van der Waals surface area contributed by atoms with Gasteiger partial charge in [-0.15, -0.1) is 0 Å². The summed E-state index contributed by atoms with van der Waals surface area (Å²) in [5.41, 5.74) is 0.961. The lowest BCUT2D eigenvalue weighted by Crippen LogP contribution is -2.28. The van der Waals surface area contributed by atoms with Crippen molar-refractivity contribution in [2.45, 2.75) is 6.54 Å². The molecule has 0 spiro atoms. The first-order valence-electron chi connectivity index (χ1n) is 10.2. The molecule has 2 aromatic heterocycles. The second kappa shape index (κ2) is 9.90.